The summed E-state index contributed by atoms with van der Waals surface area (Å²) in [6.45, 7) is 0. The molecule has 19 heavy (non-hydrogen) atoms. The summed E-state index contributed by atoms with van der Waals surface area (Å²) >= 11 is 0. The highest BCUT2D eigenvalue weighted by Gasteiger charge is 2.30. The minimum absolute atomic E-state index is 0.0945. The molecule has 2 fully saturated rings. The summed E-state index contributed by atoms with van der Waals surface area (Å²) < 4.78 is 22.7. The van der Waals surface area contributed by atoms with Crippen molar-refractivity contribution in [3.63, 3.8) is 0 Å². The van der Waals surface area contributed by atoms with Gasteiger partial charge in [0, 0.05) is 19.1 Å². The van der Waals surface area contributed by atoms with Gasteiger partial charge in [-0.3, -0.25) is 0 Å². The topological polar surface area (TPSA) is 66.5 Å². The molecular formula is C13H24N2O3S. The molecule has 6 heteroatoms. The molecule has 0 radical (unpaired) electrons. The predicted octanol–water partition coefficient (Wildman–Crippen LogP) is 1.54. The van der Waals surface area contributed by atoms with E-state index in [0.717, 1.165) is 12.8 Å². The Kier molecular flexibility index (Phi) is 4.71. The number of amides is 2. The van der Waals surface area contributed by atoms with Crippen LogP contribution in [0.1, 0.15) is 44.9 Å². The van der Waals surface area contributed by atoms with Crippen molar-refractivity contribution in [3.05, 3.63) is 0 Å². The van der Waals surface area contributed by atoms with Gasteiger partial charge in [0.25, 0.3) is 0 Å². The van der Waals surface area contributed by atoms with Gasteiger partial charge in [-0.15, -0.1) is 0 Å². The van der Waals surface area contributed by atoms with E-state index in [0.29, 0.717) is 12.5 Å². The third kappa shape index (κ3) is 4.09. The molecule has 0 unspecified atom stereocenters. The molecule has 1 N–H and O–H groups in total. The normalized spacial score (nSPS) is 27.7. The van der Waals surface area contributed by atoms with E-state index in [1.807, 2.05) is 7.05 Å². The molecule has 0 aromatic heterocycles. The predicted molar refractivity (Wildman–Crippen MR) is 74.8 cm³/mol. The molecule has 5 nitrogen and oxygen atoms in total. The Bertz CT molecular complexity index is 414. The van der Waals surface area contributed by atoms with Gasteiger partial charge in [-0.05, 0) is 19.3 Å². The van der Waals surface area contributed by atoms with Crippen molar-refractivity contribution < 1.29 is 13.2 Å². The van der Waals surface area contributed by atoms with Crippen LogP contribution < -0.4 is 5.32 Å². The Morgan fingerprint density at radius 2 is 1.74 bits per heavy atom. The first-order valence-corrected chi connectivity index (χ1v) is 9.04. The standard InChI is InChI=1S/C13H24N2O3S/c1-15(12-6-4-2-3-5-7-12)13(16)14-11-8-9-19(17,18)10-11/h11-12H,2-10H2,1H3,(H,14,16)/t11-/m1/s1. The van der Waals surface area contributed by atoms with Crippen LogP contribution in [0.3, 0.4) is 0 Å². The van der Waals surface area contributed by atoms with Gasteiger partial charge in [0.05, 0.1) is 11.5 Å². The summed E-state index contributed by atoms with van der Waals surface area (Å²) in [4.78, 5) is 13.9. The average Bonchev–Trinajstić information content (AvgIpc) is 2.59. The molecule has 1 atom stereocenters. The molecule has 0 aromatic rings. The van der Waals surface area contributed by atoms with E-state index >= 15 is 0 Å². The molecule has 1 aliphatic heterocycles. The van der Waals surface area contributed by atoms with Crippen molar-refractivity contribution in [2.45, 2.75) is 57.0 Å². The van der Waals surface area contributed by atoms with Gasteiger partial charge in [0.15, 0.2) is 9.84 Å². The van der Waals surface area contributed by atoms with E-state index < -0.39 is 9.84 Å². The van der Waals surface area contributed by atoms with E-state index in [-0.39, 0.29) is 23.6 Å². The van der Waals surface area contributed by atoms with Gasteiger partial charge in [0.1, 0.15) is 0 Å². The molecule has 0 bridgehead atoms. The minimum atomic E-state index is -2.93. The average molecular weight is 288 g/mol. The van der Waals surface area contributed by atoms with Crippen molar-refractivity contribution in [2.24, 2.45) is 0 Å². The molecule has 2 rings (SSSR count). The zero-order chi connectivity index (χ0) is 13.9. The second kappa shape index (κ2) is 6.11. The summed E-state index contributed by atoms with van der Waals surface area (Å²) in [5.41, 5.74) is 0. The van der Waals surface area contributed by atoms with E-state index in [9.17, 15) is 13.2 Å². The van der Waals surface area contributed by atoms with E-state index in [1.165, 1.54) is 25.7 Å². The van der Waals surface area contributed by atoms with Crippen molar-refractivity contribution in [2.75, 3.05) is 18.6 Å². The van der Waals surface area contributed by atoms with Gasteiger partial charge in [0.2, 0.25) is 0 Å². The van der Waals surface area contributed by atoms with Crippen molar-refractivity contribution in [1.29, 1.82) is 0 Å². The second-order valence-corrected chi connectivity index (χ2v) is 8.03. The number of carbonyl (C=O) groups is 1. The van der Waals surface area contributed by atoms with Crippen LogP contribution in [0.15, 0.2) is 0 Å². The number of sulfone groups is 1. The molecular weight excluding hydrogens is 264 g/mol. The highest BCUT2D eigenvalue weighted by molar-refractivity contribution is 7.91. The maximum Gasteiger partial charge on any atom is 0.317 e. The Morgan fingerprint density at radius 3 is 2.26 bits per heavy atom. The van der Waals surface area contributed by atoms with Crippen LogP contribution in [-0.4, -0.2) is 50.0 Å². The van der Waals surface area contributed by atoms with Crippen molar-refractivity contribution >= 4 is 15.9 Å². The molecule has 110 valence electrons. The van der Waals surface area contributed by atoms with Gasteiger partial charge in [-0.25, -0.2) is 13.2 Å². The number of carbonyl (C=O) groups excluding carboxylic acids is 1. The highest BCUT2D eigenvalue weighted by atomic mass is 32.2. The molecule has 0 aromatic carbocycles. The molecule has 1 saturated carbocycles. The molecule has 1 heterocycles. The third-order valence-corrected chi connectivity index (χ3v) is 6.02. The van der Waals surface area contributed by atoms with Gasteiger partial charge >= 0.3 is 6.03 Å². The highest BCUT2D eigenvalue weighted by Crippen LogP contribution is 2.21. The number of nitrogens with zero attached hydrogens (tertiary/aromatic N) is 1. The SMILES string of the molecule is CN(C(=O)N[C@@H]1CCS(=O)(=O)C1)C1CCCCCC1. The zero-order valence-electron chi connectivity index (χ0n) is 11.6. The Balaban J connectivity index is 1.85. The minimum Gasteiger partial charge on any atom is -0.334 e. The molecule has 1 saturated heterocycles. The first-order chi connectivity index (χ1) is 8.98. The van der Waals surface area contributed by atoms with Crippen molar-refractivity contribution in [3.8, 4) is 0 Å². The Labute approximate surface area is 115 Å². The summed E-state index contributed by atoms with van der Waals surface area (Å²) in [6.07, 6.45) is 7.55. The summed E-state index contributed by atoms with van der Waals surface area (Å²) in [6, 6.07) is -0.0137. The lowest BCUT2D eigenvalue weighted by molar-refractivity contribution is 0.181. The van der Waals surface area contributed by atoms with Crippen LogP contribution >= 0.6 is 0 Å². The third-order valence-electron chi connectivity index (χ3n) is 4.25. The number of nitrogens with one attached hydrogen (secondary N) is 1. The van der Waals surface area contributed by atoms with Crippen molar-refractivity contribution in [1.82, 2.24) is 10.2 Å². The Hall–Kier alpha value is -0.780. The quantitative estimate of drug-likeness (QED) is 0.784. The van der Waals surface area contributed by atoms with Crippen LogP contribution in [-0.2, 0) is 9.84 Å². The van der Waals surface area contributed by atoms with E-state index in [1.54, 1.807) is 4.90 Å². The fourth-order valence-corrected chi connectivity index (χ4v) is 4.67. The molecule has 2 amide bonds. The lowest BCUT2D eigenvalue weighted by Crippen LogP contribution is -2.47. The second-order valence-electron chi connectivity index (χ2n) is 5.81. The van der Waals surface area contributed by atoms with Crippen LogP contribution in [0, 0.1) is 0 Å². The summed E-state index contributed by atoms with van der Waals surface area (Å²) in [5.74, 6) is 0.294. The monoisotopic (exact) mass is 288 g/mol. The summed E-state index contributed by atoms with van der Waals surface area (Å²) in [7, 11) is -1.10. The number of urea groups is 1. The smallest absolute Gasteiger partial charge is 0.317 e. The fraction of sp³-hybridized carbons (Fsp3) is 0.923. The number of hydrogen-bond acceptors (Lipinski definition) is 3. The number of hydrogen-bond donors (Lipinski definition) is 1. The molecule has 2 aliphatic rings. The van der Waals surface area contributed by atoms with Crippen LogP contribution in [0.2, 0.25) is 0 Å². The van der Waals surface area contributed by atoms with Crippen LogP contribution in [0.4, 0.5) is 4.79 Å². The summed E-state index contributed by atoms with van der Waals surface area (Å²) in [5, 5.41) is 2.86. The Morgan fingerprint density at radius 1 is 1.11 bits per heavy atom. The van der Waals surface area contributed by atoms with Crippen LogP contribution in [0.5, 0.6) is 0 Å². The molecule has 0 spiro atoms. The zero-order valence-corrected chi connectivity index (χ0v) is 12.4. The fourth-order valence-electron chi connectivity index (χ4n) is 3.00. The van der Waals surface area contributed by atoms with Gasteiger partial charge < -0.3 is 10.2 Å². The first-order valence-electron chi connectivity index (χ1n) is 7.22. The van der Waals surface area contributed by atoms with Crippen LogP contribution in [0.25, 0.3) is 0 Å². The van der Waals surface area contributed by atoms with E-state index in [2.05, 4.69) is 5.32 Å². The first kappa shape index (κ1) is 14.6. The lowest BCUT2D eigenvalue weighted by atomic mass is 10.1. The van der Waals surface area contributed by atoms with Gasteiger partial charge in [-0.1, -0.05) is 25.7 Å². The molecule has 1 aliphatic carbocycles. The largest absolute Gasteiger partial charge is 0.334 e. The number of rotatable bonds is 2. The maximum absolute atomic E-state index is 12.1. The maximum atomic E-state index is 12.1. The van der Waals surface area contributed by atoms with Gasteiger partial charge in [-0.2, -0.15) is 0 Å². The van der Waals surface area contributed by atoms with E-state index in [4.69, 9.17) is 0 Å². The lowest BCUT2D eigenvalue weighted by Gasteiger charge is -2.28.